The molecule has 1 aromatic rings. The van der Waals surface area contributed by atoms with E-state index in [1.54, 1.807) is 13.1 Å². The van der Waals surface area contributed by atoms with Crippen LogP contribution in [0, 0.1) is 24.2 Å². The highest BCUT2D eigenvalue weighted by molar-refractivity contribution is 7.89. The zero-order chi connectivity index (χ0) is 14.8. The van der Waals surface area contributed by atoms with E-state index in [0.29, 0.717) is 12.2 Å². The summed E-state index contributed by atoms with van der Waals surface area (Å²) < 4.78 is 29.1. The summed E-state index contributed by atoms with van der Waals surface area (Å²) in [5, 5.41) is 9.07. The van der Waals surface area contributed by atoms with Crippen LogP contribution in [-0.4, -0.2) is 24.0 Å². The van der Waals surface area contributed by atoms with E-state index in [1.807, 2.05) is 11.5 Å². The first-order chi connectivity index (χ1) is 9.47. The molecule has 6 nitrogen and oxygen atoms in total. The van der Waals surface area contributed by atoms with E-state index in [2.05, 4.69) is 15.8 Å². The minimum Gasteiger partial charge on any atom is -0.334 e. The van der Waals surface area contributed by atoms with Gasteiger partial charge in [-0.1, -0.05) is 13.3 Å². The molecule has 1 aliphatic carbocycles. The Hall–Kier alpha value is -1.39. The lowest BCUT2D eigenvalue weighted by atomic mass is 10.1. The maximum atomic E-state index is 12.3. The van der Waals surface area contributed by atoms with Crippen LogP contribution in [0.25, 0.3) is 0 Å². The van der Waals surface area contributed by atoms with Gasteiger partial charge in [0.1, 0.15) is 5.82 Å². The molecule has 0 radical (unpaired) electrons. The number of nitrogens with zero attached hydrogens (tertiary/aromatic N) is 3. The number of sulfonamides is 1. The van der Waals surface area contributed by atoms with Crippen molar-refractivity contribution >= 4 is 10.0 Å². The van der Waals surface area contributed by atoms with Crippen LogP contribution in [0.3, 0.4) is 0 Å². The molecule has 1 N–H and O–H groups in total. The summed E-state index contributed by atoms with van der Waals surface area (Å²) in [6, 6.07) is 1.88. The Balaban J connectivity index is 2.18. The molecule has 2 rings (SSSR count). The van der Waals surface area contributed by atoms with E-state index in [9.17, 15) is 8.42 Å². The van der Waals surface area contributed by atoms with E-state index in [4.69, 9.17) is 5.26 Å². The van der Waals surface area contributed by atoms with E-state index in [-0.39, 0.29) is 17.0 Å². The number of nitriles is 1. The minimum absolute atomic E-state index is 0.0482. The SMILES string of the molecule is CCCn1cc(S(=O)(=O)NC2CCCC2C#N)nc1C. The van der Waals surface area contributed by atoms with Crippen molar-refractivity contribution in [2.45, 2.75) is 57.1 Å². The molecule has 7 heteroatoms. The molecule has 1 aliphatic rings. The summed E-state index contributed by atoms with van der Waals surface area (Å²) in [6.45, 7) is 4.57. The van der Waals surface area contributed by atoms with Gasteiger partial charge in [-0.2, -0.15) is 5.26 Å². The van der Waals surface area contributed by atoms with E-state index < -0.39 is 10.0 Å². The van der Waals surface area contributed by atoms with Crippen LogP contribution in [0.4, 0.5) is 0 Å². The summed E-state index contributed by atoms with van der Waals surface area (Å²) >= 11 is 0. The highest BCUT2D eigenvalue weighted by Gasteiger charge is 2.32. The van der Waals surface area contributed by atoms with Crippen molar-refractivity contribution < 1.29 is 8.42 Å². The molecule has 0 bridgehead atoms. The third-order valence-corrected chi connectivity index (χ3v) is 5.04. The number of nitrogens with one attached hydrogen (secondary N) is 1. The fourth-order valence-corrected chi connectivity index (χ4v) is 3.91. The van der Waals surface area contributed by atoms with Crippen molar-refractivity contribution in [2.24, 2.45) is 5.92 Å². The second-order valence-corrected chi connectivity index (χ2v) is 6.87. The number of rotatable bonds is 5. The monoisotopic (exact) mass is 296 g/mol. The maximum Gasteiger partial charge on any atom is 0.259 e. The van der Waals surface area contributed by atoms with Crippen LogP contribution >= 0.6 is 0 Å². The molecule has 0 aromatic carbocycles. The summed E-state index contributed by atoms with van der Waals surface area (Å²) in [5.41, 5.74) is 0. The van der Waals surface area contributed by atoms with Gasteiger partial charge in [0.2, 0.25) is 0 Å². The predicted molar refractivity (Wildman–Crippen MR) is 74.3 cm³/mol. The first-order valence-corrected chi connectivity index (χ1v) is 8.42. The minimum atomic E-state index is -3.64. The Morgan fingerprint density at radius 1 is 1.55 bits per heavy atom. The van der Waals surface area contributed by atoms with Gasteiger partial charge in [0, 0.05) is 18.8 Å². The molecule has 110 valence electrons. The maximum absolute atomic E-state index is 12.3. The van der Waals surface area contributed by atoms with E-state index >= 15 is 0 Å². The van der Waals surface area contributed by atoms with Gasteiger partial charge in [-0.25, -0.2) is 18.1 Å². The second kappa shape index (κ2) is 5.94. The zero-order valence-electron chi connectivity index (χ0n) is 11.8. The van der Waals surface area contributed by atoms with Crippen molar-refractivity contribution in [2.75, 3.05) is 0 Å². The molecule has 1 aromatic heterocycles. The normalized spacial score (nSPS) is 22.9. The smallest absolute Gasteiger partial charge is 0.259 e. The van der Waals surface area contributed by atoms with Crippen LogP contribution in [0.2, 0.25) is 0 Å². The predicted octanol–water partition coefficient (Wildman–Crippen LogP) is 1.57. The Labute approximate surface area is 119 Å². The summed E-state index contributed by atoms with van der Waals surface area (Å²) in [6.07, 6.45) is 4.84. The molecule has 0 spiro atoms. The highest BCUT2D eigenvalue weighted by atomic mass is 32.2. The molecular formula is C13H20N4O2S. The molecular weight excluding hydrogens is 276 g/mol. The van der Waals surface area contributed by atoms with Gasteiger partial charge in [-0.15, -0.1) is 0 Å². The van der Waals surface area contributed by atoms with Crippen LogP contribution in [-0.2, 0) is 16.6 Å². The lowest BCUT2D eigenvalue weighted by Gasteiger charge is -2.14. The molecule has 20 heavy (non-hydrogen) atoms. The fraction of sp³-hybridized carbons (Fsp3) is 0.692. The standard InChI is InChI=1S/C13H20N4O2S/c1-3-7-17-9-13(15-10(17)2)20(18,19)16-12-6-4-5-11(12)8-14/h9,11-12,16H,3-7H2,1-2H3. The van der Waals surface area contributed by atoms with Gasteiger partial charge in [0.05, 0.1) is 12.0 Å². The molecule has 1 saturated carbocycles. The lowest BCUT2D eigenvalue weighted by molar-refractivity contribution is 0.513. The quantitative estimate of drug-likeness (QED) is 0.893. The van der Waals surface area contributed by atoms with Crippen molar-refractivity contribution in [1.29, 1.82) is 5.26 Å². The van der Waals surface area contributed by atoms with Gasteiger partial charge >= 0.3 is 0 Å². The highest BCUT2D eigenvalue weighted by Crippen LogP contribution is 2.26. The summed E-state index contributed by atoms with van der Waals surface area (Å²) in [7, 11) is -3.64. The molecule has 1 heterocycles. The Morgan fingerprint density at radius 2 is 2.30 bits per heavy atom. The van der Waals surface area contributed by atoms with E-state index in [0.717, 1.165) is 25.8 Å². The average Bonchev–Trinajstić information content (AvgIpc) is 2.97. The van der Waals surface area contributed by atoms with Crippen LogP contribution in [0.15, 0.2) is 11.2 Å². The van der Waals surface area contributed by atoms with Gasteiger partial charge in [-0.3, -0.25) is 0 Å². The molecule has 0 saturated heterocycles. The largest absolute Gasteiger partial charge is 0.334 e. The van der Waals surface area contributed by atoms with Crippen molar-refractivity contribution in [3.8, 4) is 6.07 Å². The average molecular weight is 296 g/mol. The van der Waals surface area contributed by atoms with Gasteiger partial charge in [0.15, 0.2) is 5.03 Å². The number of hydrogen-bond donors (Lipinski definition) is 1. The number of imidazole rings is 1. The van der Waals surface area contributed by atoms with Crippen molar-refractivity contribution in [1.82, 2.24) is 14.3 Å². The van der Waals surface area contributed by atoms with Crippen molar-refractivity contribution in [3.05, 3.63) is 12.0 Å². The van der Waals surface area contributed by atoms with Crippen LogP contribution in [0.5, 0.6) is 0 Å². The number of aromatic nitrogens is 2. The topological polar surface area (TPSA) is 87.8 Å². The third-order valence-electron chi connectivity index (χ3n) is 3.68. The summed E-state index contributed by atoms with van der Waals surface area (Å²) in [5.74, 6) is 0.457. The fourth-order valence-electron chi connectivity index (χ4n) is 2.59. The van der Waals surface area contributed by atoms with E-state index in [1.165, 1.54) is 0 Å². The number of aryl methyl sites for hydroxylation is 2. The third kappa shape index (κ3) is 3.02. The lowest BCUT2D eigenvalue weighted by Crippen LogP contribution is -2.37. The zero-order valence-corrected chi connectivity index (χ0v) is 12.7. The first kappa shape index (κ1) is 15.0. The van der Waals surface area contributed by atoms with Gasteiger partial charge in [0.25, 0.3) is 10.0 Å². The van der Waals surface area contributed by atoms with Crippen LogP contribution in [0.1, 0.15) is 38.4 Å². The Bertz CT molecular complexity index is 615. The van der Waals surface area contributed by atoms with Crippen LogP contribution < -0.4 is 4.72 Å². The Kier molecular flexibility index (Phi) is 4.45. The first-order valence-electron chi connectivity index (χ1n) is 6.93. The molecule has 0 amide bonds. The van der Waals surface area contributed by atoms with Gasteiger partial charge < -0.3 is 4.57 Å². The van der Waals surface area contributed by atoms with Gasteiger partial charge in [-0.05, 0) is 26.2 Å². The van der Waals surface area contributed by atoms with Crippen molar-refractivity contribution in [3.63, 3.8) is 0 Å². The summed E-state index contributed by atoms with van der Waals surface area (Å²) in [4.78, 5) is 4.12. The molecule has 0 aliphatic heterocycles. The molecule has 2 unspecified atom stereocenters. The molecule has 2 atom stereocenters. The second-order valence-electron chi connectivity index (χ2n) is 5.21. The number of hydrogen-bond acceptors (Lipinski definition) is 4. The Morgan fingerprint density at radius 3 is 2.95 bits per heavy atom. The molecule has 1 fully saturated rings.